The van der Waals surface area contributed by atoms with Crippen molar-refractivity contribution in [2.24, 2.45) is 0 Å². The third-order valence-electron chi connectivity index (χ3n) is 0.452. The van der Waals surface area contributed by atoms with E-state index in [1.165, 1.54) is 0 Å². The Labute approximate surface area is 50.1 Å². The largest absolute Gasteiger partial charge is 0.478 e. The fourth-order valence-electron chi connectivity index (χ4n) is 0.170. The molecule has 0 heterocycles. The SMILES string of the molecule is O=C(O)C=CC(=O)OO. The molecule has 50 valence electrons. The molecule has 0 atom stereocenters. The summed E-state index contributed by atoms with van der Waals surface area (Å²) in [7, 11) is 0. The first-order chi connectivity index (χ1) is 4.16. The van der Waals surface area contributed by atoms with Gasteiger partial charge in [-0.3, -0.25) is 4.89 Å². The molecule has 0 aromatic carbocycles. The molecule has 0 amide bonds. The third kappa shape index (κ3) is 4.49. The maximum absolute atomic E-state index is 9.89. The van der Waals surface area contributed by atoms with Crippen LogP contribution in [0.1, 0.15) is 0 Å². The van der Waals surface area contributed by atoms with Crippen LogP contribution in [0.4, 0.5) is 0 Å². The van der Waals surface area contributed by atoms with Crippen LogP contribution >= 0.6 is 0 Å². The Morgan fingerprint density at radius 2 is 1.89 bits per heavy atom. The van der Waals surface area contributed by atoms with E-state index in [0.29, 0.717) is 12.2 Å². The highest BCUT2D eigenvalue weighted by Gasteiger charge is 1.93. The molecule has 2 N–H and O–H groups in total. The molecule has 0 rings (SSSR count). The summed E-state index contributed by atoms with van der Waals surface area (Å²) >= 11 is 0. The normalized spacial score (nSPS) is 9.44. The lowest BCUT2D eigenvalue weighted by atomic mass is 10.5. The van der Waals surface area contributed by atoms with E-state index in [1.54, 1.807) is 0 Å². The van der Waals surface area contributed by atoms with Crippen molar-refractivity contribution in [1.82, 2.24) is 0 Å². The molecule has 0 saturated heterocycles. The van der Waals surface area contributed by atoms with Gasteiger partial charge in [0.2, 0.25) is 0 Å². The van der Waals surface area contributed by atoms with Gasteiger partial charge in [0.25, 0.3) is 0 Å². The van der Waals surface area contributed by atoms with Crippen LogP contribution in [0.25, 0.3) is 0 Å². The summed E-state index contributed by atoms with van der Waals surface area (Å²) in [6.07, 6.45) is 1.14. The molecule has 9 heavy (non-hydrogen) atoms. The van der Waals surface area contributed by atoms with Crippen molar-refractivity contribution < 1.29 is 24.8 Å². The molecule has 0 unspecified atom stereocenters. The smallest absolute Gasteiger partial charge is 0.365 e. The summed E-state index contributed by atoms with van der Waals surface area (Å²) in [5, 5.41) is 15.4. The minimum Gasteiger partial charge on any atom is -0.478 e. The highest BCUT2D eigenvalue weighted by molar-refractivity contribution is 5.90. The van der Waals surface area contributed by atoms with Gasteiger partial charge in [0.05, 0.1) is 0 Å². The van der Waals surface area contributed by atoms with Gasteiger partial charge in [-0.25, -0.2) is 9.59 Å². The van der Waals surface area contributed by atoms with Gasteiger partial charge < -0.3 is 5.11 Å². The van der Waals surface area contributed by atoms with E-state index in [4.69, 9.17) is 10.4 Å². The predicted molar refractivity (Wildman–Crippen MR) is 25.5 cm³/mol. The lowest BCUT2D eigenvalue weighted by Crippen LogP contribution is -1.96. The molecule has 0 radical (unpaired) electrons. The van der Waals surface area contributed by atoms with Crippen LogP contribution in [0.3, 0.4) is 0 Å². The zero-order valence-corrected chi connectivity index (χ0v) is 4.27. The molecular formula is C4H4O5. The first-order valence-electron chi connectivity index (χ1n) is 1.93. The minimum absolute atomic E-state index is 0.554. The Balaban J connectivity index is 3.71. The van der Waals surface area contributed by atoms with Crippen LogP contribution in [0.2, 0.25) is 0 Å². The number of aliphatic carboxylic acids is 1. The summed E-state index contributed by atoms with van der Waals surface area (Å²) in [4.78, 5) is 22.6. The third-order valence-corrected chi connectivity index (χ3v) is 0.452. The van der Waals surface area contributed by atoms with Crippen LogP contribution in [0.15, 0.2) is 12.2 Å². The van der Waals surface area contributed by atoms with Gasteiger partial charge in [-0.05, 0) is 0 Å². The monoisotopic (exact) mass is 132 g/mol. The summed E-state index contributed by atoms with van der Waals surface area (Å²) in [6.45, 7) is 0. The summed E-state index contributed by atoms with van der Waals surface area (Å²) in [6, 6.07) is 0. The molecule has 0 saturated carbocycles. The second-order valence-electron chi connectivity index (χ2n) is 1.08. The Kier molecular flexibility index (Phi) is 3.07. The maximum Gasteiger partial charge on any atom is 0.365 e. The fraction of sp³-hybridized carbons (Fsp3) is 0. The van der Waals surface area contributed by atoms with E-state index in [0.717, 1.165) is 0 Å². The van der Waals surface area contributed by atoms with Crippen molar-refractivity contribution in [2.45, 2.75) is 0 Å². The van der Waals surface area contributed by atoms with Gasteiger partial charge in [0.1, 0.15) is 0 Å². The van der Waals surface area contributed by atoms with Crippen molar-refractivity contribution in [3.63, 3.8) is 0 Å². The van der Waals surface area contributed by atoms with Gasteiger partial charge in [0, 0.05) is 12.2 Å². The Hall–Kier alpha value is -1.36. The molecule has 0 aliphatic heterocycles. The van der Waals surface area contributed by atoms with E-state index in [9.17, 15) is 9.59 Å². The van der Waals surface area contributed by atoms with Crippen molar-refractivity contribution in [3.8, 4) is 0 Å². The Morgan fingerprint density at radius 1 is 1.33 bits per heavy atom. The van der Waals surface area contributed by atoms with Crippen molar-refractivity contribution in [2.75, 3.05) is 0 Å². The Bertz CT molecular complexity index is 147. The molecule has 0 fully saturated rings. The average molecular weight is 132 g/mol. The number of hydrogen-bond donors (Lipinski definition) is 2. The molecule has 5 heteroatoms. The lowest BCUT2D eigenvalue weighted by Gasteiger charge is -1.82. The molecule has 0 aliphatic carbocycles. The van der Waals surface area contributed by atoms with Crippen LogP contribution in [-0.4, -0.2) is 22.3 Å². The molecule has 0 spiro atoms. The molecule has 0 bridgehead atoms. The van der Waals surface area contributed by atoms with Gasteiger partial charge >= 0.3 is 11.9 Å². The maximum atomic E-state index is 9.89. The number of hydrogen-bond acceptors (Lipinski definition) is 4. The highest BCUT2D eigenvalue weighted by atomic mass is 17.1. The summed E-state index contributed by atoms with van der Waals surface area (Å²) in [5.74, 6) is -2.39. The van der Waals surface area contributed by atoms with Gasteiger partial charge in [-0.2, -0.15) is 5.26 Å². The van der Waals surface area contributed by atoms with E-state index in [-0.39, 0.29) is 0 Å². The van der Waals surface area contributed by atoms with Crippen molar-refractivity contribution >= 4 is 11.9 Å². The molecule has 5 nitrogen and oxygen atoms in total. The molecular weight excluding hydrogens is 128 g/mol. The second kappa shape index (κ2) is 3.62. The van der Waals surface area contributed by atoms with Gasteiger partial charge in [-0.1, -0.05) is 0 Å². The topological polar surface area (TPSA) is 83.8 Å². The van der Waals surface area contributed by atoms with Crippen molar-refractivity contribution in [1.29, 1.82) is 0 Å². The lowest BCUT2D eigenvalue weighted by molar-refractivity contribution is -0.228. The van der Waals surface area contributed by atoms with Crippen LogP contribution in [0, 0.1) is 0 Å². The van der Waals surface area contributed by atoms with E-state index in [1.807, 2.05) is 0 Å². The van der Waals surface area contributed by atoms with Crippen LogP contribution in [0.5, 0.6) is 0 Å². The van der Waals surface area contributed by atoms with Gasteiger partial charge in [-0.15, -0.1) is 0 Å². The highest BCUT2D eigenvalue weighted by Crippen LogP contribution is 1.76. The van der Waals surface area contributed by atoms with E-state index < -0.39 is 11.9 Å². The minimum atomic E-state index is -1.28. The number of carbonyl (C=O) groups excluding carboxylic acids is 1. The Morgan fingerprint density at radius 3 is 2.22 bits per heavy atom. The number of carboxylic acid groups (broad SMARTS) is 1. The predicted octanol–water partition coefficient (Wildman–Crippen LogP) is -0.357. The first-order valence-corrected chi connectivity index (χ1v) is 1.93. The second-order valence-corrected chi connectivity index (χ2v) is 1.08. The van der Waals surface area contributed by atoms with E-state index in [2.05, 4.69) is 4.89 Å². The number of carboxylic acids is 1. The number of rotatable bonds is 2. The summed E-state index contributed by atoms with van der Waals surface area (Å²) < 4.78 is 0. The summed E-state index contributed by atoms with van der Waals surface area (Å²) in [5.41, 5.74) is 0. The fourth-order valence-corrected chi connectivity index (χ4v) is 0.170. The molecule has 0 aromatic heterocycles. The number of carbonyl (C=O) groups is 2. The average Bonchev–Trinajstić information content (AvgIpc) is 1.83. The standard InChI is InChI=1S/C4H4O5/c5-3(6)1-2-4(7)9-8/h1-2,8H,(H,5,6). The zero-order chi connectivity index (χ0) is 7.28. The van der Waals surface area contributed by atoms with Crippen LogP contribution in [-0.2, 0) is 14.5 Å². The molecule has 0 aliphatic rings. The molecule has 0 aromatic rings. The quantitative estimate of drug-likeness (QED) is 0.304. The van der Waals surface area contributed by atoms with Crippen LogP contribution < -0.4 is 0 Å². The van der Waals surface area contributed by atoms with E-state index >= 15 is 0 Å². The van der Waals surface area contributed by atoms with Gasteiger partial charge in [0.15, 0.2) is 0 Å². The zero-order valence-electron chi connectivity index (χ0n) is 4.27. The van der Waals surface area contributed by atoms with Crippen molar-refractivity contribution in [3.05, 3.63) is 12.2 Å². The first kappa shape index (κ1) is 7.64.